The van der Waals surface area contributed by atoms with Crippen LogP contribution in [-0.2, 0) is 24.3 Å². The molecular formula is C26H31IN4O3. The van der Waals surface area contributed by atoms with Gasteiger partial charge in [0.2, 0.25) is 5.91 Å². The Hall–Kier alpha value is -3.01. The molecule has 1 fully saturated rings. The number of halogens is 1. The van der Waals surface area contributed by atoms with Crippen LogP contribution in [0.4, 0.5) is 5.69 Å². The van der Waals surface area contributed by atoms with Crippen LogP contribution in [0.2, 0.25) is 0 Å². The van der Waals surface area contributed by atoms with Crippen molar-refractivity contribution < 1.29 is 13.9 Å². The lowest BCUT2D eigenvalue weighted by atomic mass is 10.2. The predicted octanol–water partition coefficient (Wildman–Crippen LogP) is 4.51. The van der Waals surface area contributed by atoms with E-state index in [1.165, 1.54) is 0 Å². The molecule has 2 aromatic carbocycles. The first-order valence-corrected chi connectivity index (χ1v) is 11.3. The highest BCUT2D eigenvalue weighted by atomic mass is 127. The van der Waals surface area contributed by atoms with Gasteiger partial charge in [-0.3, -0.25) is 4.79 Å². The number of amides is 1. The van der Waals surface area contributed by atoms with Crippen LogP contribution in [0.1, 0.15) is 29.7 Å². The van der Waals surface area contributed by atoms with E-state index in [4.69, 9.17) is 14.1 Å². The summed E-state index contributed by atoms with van der Waals surface area (Å²) in [4.78, 5) is 18.6. The summed E-state index contributed by atoms with van der Waals surface area (Å²) in [5, 5.41) is 6.79. The fourth-order valence-electron chi connectivity index (χ4n) is 3.74. The van der Waals surface area contributed by atoms with Gasteiger partial charge in [-0.15, -0.1) is 24.0 Å². The molecule has 1 aliphatic rings. The van der Waals surface area contributed by atoms with E-state index in [-0.39, 0.29) is 29.9 Å². The molecule has 34 heavy (non-hydrogen) atoms. The first-order chi connectivity index (χ1) is 16.2. The van der Waals surface area contributed by atoms with Crippen molar-refractivity contribution in [1.29, 1.82) is 0 Å². The third kappa shape index (κ3) is 7.24. The van der Waals surface area contributed by atoms with Crippen LogP contribution in [0.15, 0.2) is 76.3 Å². The summed E-state index contributed by atoms with van der Waals surface area (Å²) < 4.78 is 10.6. The molecular weight excluding hydrogens is 543 g/mol. The lowest BCUT2D eigenvalue weighted by molar-refractivity contribution is -0.117. The molecule has 0 bridgehead atoms. The van der Waals surface area contributed by atoms with Crippen LogP contribution in [0.5, 0.6) is 5.75 Å². The first kappa shape index (κ1) is 25.6. The van der Waals surface area contributed by atoms with E-state index in [1.807, 2.05) is 53.4 Å². The number of anilines is 1. The molecule has 2 heterocycles. The number of carbonyl (C=O) groups is 1. The molecule has 3 aromatic rings. The van der Waals surface area contributed by atoms with Crippen LogP contribution in [0, 0.1) is 0 Å². The summed E-state index contributed by atoms with van der Waals surface area (Å²) in [6.07, 6.45) is 4.03. The molecule has 0 saturated carbocycles. The predicted molar refractivity (Wildman–Crippen MR) is 145 cm³/mol. The van der Waals surface area contributed by atoms with E-state index in [1.54, 1.807) is 13.4 Å². The van der Waals surface area contributed by atoms with Gasteiger partial charge in [0.15, 0.2) is 5.96 Å². The van der Waals surface area contributed by atoms with Gasteiger partial charge in [0.05, 0.1) is 19.9 Å². The molecule has 4 rings (SSSR count). The van der Waals surface area contributed by atoms with E-state index < -0.39 is 0 Å². The molecule has 1 amide bonds. The number of rotatable bonds is 9. The van der Waals surface area contributed by atoms with Crippen molar-refractivity contribution in [2.24, 2.45) is 4.99 Å². The fraction of sp³-hybridized carbons (Fsp3) is 0.308. The maximum atomic E-state index is 12.0. The van der Waals surface area contributed by atoms with Crippen molar-refractivity contribution in [3.05, 3.63) is 83.8 Å². The average molecular weight is 574 g/mol. The zero-order valence-electron chi connectivity index (χ0n) is 19.3. The normalized spacial score (nSPS) is 13.5. The number of aliphatic imine (C=N–C) groups is 1. The number of hydrogen-bond acceptors (Lipinski definition) is 4. The van der Waals surface area contributed by atoms with E-state index in [2.05, 4.69) is 22.8 Å². The van der Waals surface area contributed by atoms with Crippen LogP contribution >= 0.6 is 24.0 Å². The summed E-state index contributed by atoms with van der Waals surface area (Å²) >= 11 is 0. The number of carbonyl (C=O) groups excluding carboxylic acids is 1. The number of nitrogens with one attached hydrogen (secondary N) is 2. The minimum absolute atomic E-state index is 0. The van der Waals surface area contributed by atoms with Gasteiger partial charge in [-0.1, -0.05) is 24.3 Å². The Labute approximate surface area is 217 Å². The average Bonchev–Trinajstić information content (AvgIpc) is 3.53. The lowest BCUT2D eigenvalue weighted by Crippen LogP contribution is -2.38. The van der Waals surface area contributed by atoms with Crippen LogP contribution in [0.25, 0.3) is 0 Å². The molecule has 0 spiro atoms. The Morgan fingerprint density at radius 3 is 2.47 bits per heavy atom. The summed E-state index contributed by atoms with van der Waals surface area (Å²) in [5.41, 5.74) is 3.18. The van der Waals surface area contributed by atoms with Gasteiger partial charge in [0.25, 0.3) is 0 Å². The highest BCUT2D eigenvalue weighted by Gasteiger charge is 2.21. The number of ether oxygens (including phenoxy) is 1. The maximum Gasteiger partial charge on any atom is 0.227 e. The van der Waals surface area contributed by atoms with Gasteiger partial charge in [-0.2, -0.15) is 0 Å². The topological polar surface area (TPSA) is 79.1 Å². The smallest absolute Gasteiger partial charge is 0.227 e. The Bertz CT molecular complexity index is 1050. The number of hydrogen-bond donors (Lipinski definition) is 2. The van der Waals surface area contributed by atoms with E-state index in [0.717, 1.165) is 53.7 Å². The highest BCUT2D eigenvalue weighted by molar-refractivity contribution is 14.0. The SMILES string of the molecule is COc1ccc(CN=C(NCCc2ccco2)NCc2ccc(N3CCCC3=O)cc2)cc1.I. The zero-order chi connectivity index (χ0) is 22.9. The zero-order valence-corrected chi connectivity index (χ0v) is 21.7. The number of nitrogens with zero attached hydrogens (tertiary/aromatic N) is 2. The second-order valence-corrected chi connectivity index (χ2v) is 7.94. The molecule has 180 valence electrons. The summed E-state index contributed by atoms with van der Waals surface area (Å²) in [7, 11) is 1.66. The van der Waals surface area contributed by atoms with Crippen molar-refractivity contribution in [3.8, 4) is 5.75 Å². The second-order valence-electron chi connectivity index (χ2n) is 7.94. The highest BCUT2D eigenvalue weighted by Crippen LogP contribution is 2.21. The molecule has 8 heteroatoms. The van der Waals surface area contributed by atoms with Gasteiger partial charge >= 0.3 is 0 Å². The molecule has 0 atom stereocenters. The number of furan rings is 1. The molecule has 1 aliphatic heterocycles. The van der Waals surface area contributed by atoms with Crippen molar-refractivity contribution >= 4 is 41.5 Å². The van der Waals surface area contributed by atoms with E-state index in [9.17, 15) is 4.79 Å². The fourth-order valence-corrected chi connectivity index (χ4v) is 3.74. The number of benzene rings is 2. The summed E-state index contributed by atoms with van der Waals surface area (Å²) in [5.74, 6) is 2.70. The third-order valence-corrected chi connectivity index (χ3v) is 5.60. The van der Waals surface area contributed by atoms with Gasteiger partial charge < -0.3 is 24.7 Å². The molecule has 7 nitrogen and oxygen atoms in total. The number of methoxy groups -OCH3 is 1. The van der Waals surface area contributed by atoms with Crippen LogP contribution in [-0.4, -0.2) is 32.1 Å². The standard InChI is InChI=1S/C26H30N4O3.HI/c1-32-23-12-8-21(9-13-23)19-29-26(27-15-14-24-4-3-17-33-24)28-18-20-6-10-22(11-7-20)30-16-2-5-25(30)31;/h3-4,6-13,17H,2,5,14-16,18-19H2,1H3,(H2,27,28,29);1H. The van der Waals surface area contributed by atoms with E-state index >= 15 is 0 Å². The first-order valence-electron chi connectivity index (χ1n) is 11.3. The van der Waals surface area contributed by atoms with Crippen molar-refractivity contribution in [1.82, 2.24) is 10.6 Å². The monoisotopic (exact) mass is 574 g/mol. The molecule has 2 N–H and O–H groups in total. The van der Waals surface area contributed by atoms with Gasteiger partial charge in [-0.25, -0.2) is 4.99 Å². The largest absolute Gasteiger partial charge is 0.497 e. The quantitative estimate of drug-likeness (QED) is 0.224. The molecule has 1 aromatic heterocycles. The van der Waals surface area contributed by atoms with Crippen molar-refractivity contribution in [2.45, 2.75) is 32.4 Å². The minimum atomic E-state index is 0. The lowest BCUT2D eigenvalue weighted by Gasteiger charge is -2.16. The minimum Gasteiger partial charge on any atom is -0.497 e. The van der Waals surface area contributed by atoms with Gasteiger partial charge in [0.1, 0.15) is 11.5 Å². The molecule has 0 unspecified atom stereocenters. The van der Waals surface area contributed by atoms with Gasteiger partial charge in [-0.05, 0) is 53.9 Å². The Morgan fingerprint density at radius 2 is 1.82 bits per heavy atom. The van der Waals surface area contributed by atoms with Gasteiger partial charge in [0, 0.05) is 38.2 Å². The Kier molecular flexibility index (Phi) is 9.81. The molecule has 1 saturated heterocycles. The van der Waals surface area contributed by atoms with E-state index in [0.29, 0.717) is 26.1 Å². The van der Waals surface area contributed by atoms with Crippen molar-refractivity contribution in [2.75, 3.05) is 25.1 Å². The van der Waals surface area contributed by atoms with Crippen molar-refractivity contribution in [3.63, 3.8) is 0 Å². The summed E-state index contributed by atoms with van der Waals surface area (Å²) in [6, 6.07) is 19.9. The maximum absolute atomic E-state index is 12.0. The van der Waals surface area contributed by atoms with Crippen LogP contribution < -0.4 is 20.3 Å². The third-order valence-electron chi connectivity index (χ3n) is 5.60. The Morgan fingerprint density at radius 1 is 1.06 bits per heavy atom. The van der Waals surface area contributed by atoms with Crippen LogP contribution in [0.3, 0.4) is 0 Å². The molecule has 0 aliphatic carbocycles. The molecule has 0 radical (unpaired) electrons. The second kappa shape index (κ2) is 13.0. The summed E-state index contributed by atoms with van der Waals surface area (Å²) in [6.45, 7) is 2.69. The number of guanidine groups is 1. The Balaban J connectivity index is 0.00000324.